The van der Waals surface area contributed by atoms with Gasteiger partial charge in [0.15, 0.2) is 0 Å². The van der Waals surface area contributed by atoms with E-state index in [0.29, 0.717) is 0 Å². The molecule has 13 heterocycles. The minimum absolute atomic E-state index is 1.04. The van der Waals surface area contributed by atoms with E-state index in [0.717, 1.165) is 22.5 Å². The van der Waals surface area contributed by atoms with Gasteiger partial charge < -0.3 is 0 Å². The fraction of sp³-hybridized carbons (Fsp3) is 0.0606. The topological polar surface area (TPSA) is 0 Å². The van der Waals surface area contributed by atoms with Crippen LogP contribution in [0.1, 0.15) is 36.1 Å². The first-order chi connectivity index (χ1) is 40.6. The predicted octanol–water partition coefficient (Wildman–Crippen LogP) is 23.4. The summed E-state index contributed by atoms with van der Waals surface area (Å²) in [6.45, 7) is 7.98. The van der Waals surface area contributed by atoms with E-state index < -0.39 is 0 Å². The van der Waals surface area contributed by atoms with Crippen molar-refractivity contribution in [1.82, 2.24) is 0 Å². The lowest BCUT2D eigenvalue weighted by Gasteiger charge is -1.94. The molecule has 390 valence electrons. The van der Waals surface area contributed by atoms with Crippen LogP contribution in [-0.2, 0) is 0 Å². The van der Waals surface area contributed by atoms with Crippen LogP contribution in [0.3, 0.4) is 0 Å². The van der Waals surface area contributed by atoms with Gasteiger partial charge in [-0.2, -0.15) is 0 Å². The van der Waals surface area contributed by atoms with Crippen molar-refractivity contribution in [3.8, 4) is 181 Å². The molecule has 0 aliphatic carbocycles. The maximum Gasteiger partial charge on any atom is 0.0705 e. The number of hydrogen-bond donors (Lipinski definition) is 0. The Labute approximate surface area is 563 Å². The van der Waals surface area contributed by atoms with Crippen molar-refractivity contribution < 1.29 is 0 Å². The Morgan fingerprint density at radius 2 is 0.470 bits per heavy atom. The summed E-state index contributed by atoms with van der Waals surface area (Å²) in [5.74, 6) is 66.6. The first-order valence-corrected chi connectivity index (χ1v) is 37.5. The average molecular weight is 1550 g/mol. The molecule has 0 atom stereocenters. The monoisotopic (exact) mass is 1540 g/mol. The van der Waals surface area contributed by atoms with Crippen LogP contribution < -0.4 is 0 Å². The molecule has 0 unspecified atom stereocenters. The average Bonchev–Trinajstić information content (AvgIpc) is 2.00. The zero-order chi connectivity index (χ0) is 57.1. The summed E-state index contributed by atoms with van der Waals surface area (Å²) < 4.78 is 23.5. The van der Waals surface area contributed by atoms with Crippen molar-refractivity contribution in [1.29, 1.82) is 0 Å². The maximum absolute atomic E-state index is 3.64. The zero-order valence-corrected chi connectivity index (χ0v) is 59.4. The Balaban J connectivity index is 0.000000164. The van der Waals surface area contributed by atoms with Gasteiger partial charge in [-0.05, 0) is 281 Å². The van der Waals surface area contributed by atoms with Gasteiger partial charge in [0.25, 0.3) is 0 Å². The van der Waals surface area contributed by atoms with Gasteiger partial charge in [0, 0.05) is 29.3 Å². The lowest BCUT2D eigenvalue weighted by molar-refractivity contribution is 1.62. The minimum atomic E-state index is 1.04. The summed E-state index contributed by atoms with van der Waals surface area (Å²) >= 11 is 38.5. The summed E-state index contributed by atoms with van der Waals surface area (Å²) in [6, 6.07) is 17.2. The Kier molecular flexibility index (Phi) is 18.2. The lowest BCUT2D eigenvalue weighted by atomic mass is 10.2. The number of fused-ring (bicyclic) bond motifs is 12. The quantitative estimate of drug-likeness (QED) is 0.154. The van der Waals surface area contributed by atoms with Gasteiger partial charge in [-0.25, -0.2) is 0 Å². The molecule has 0 N–H and O–H groups in total. The summed E-state index contributed by atoms with van der Waals surface area (Å²) in [5.41, 5.74) is 4.85. The van der Waals surface area contributed by atoms with Crippen LogP contribution in [0.5, 0.6) is 0 Å². The van der Waals surface area contributed by atoms with E-state index in [-0.39, 0.29) is 0 Å². The normalized spacial score (nSPS) is 9.98. The van der Waals surface area contributed by atoms with E-state index >= 15 is 0 Å². The minimum Gasteiger partial charge on any atom is -0.132 e. The van der Waals surface area contributed by atoms with Gasteiger partial charge in [-0.15, -0.1) is 147 Å². The molecule has 0 radical (unpaired) electrons. The number of aryl methyl sites for hydroxylation is 2. The Morgan fingerprint density at radius 3 is 0.759 bits per heavy atom. The molecule has 0 saturated carbocycles. The predicted molar refractivity (Wildman–Crippen MR) is 393 cm³/mol. The van der Waals surface area contributed by atoms with Gasteiger partial charge in [0.1, 0.15) is 0 Å². The fourth-order valence-corrected chi connectivity index (χ4v) is 27.8. The van der Waals surface area contributed by atoms with Crippen LogP contribution in [0.2, 0.25) is 0 Å². The van der Waals surface area contributed by atoms with Crippen molar-refractivity contribution in [2.24, 2.45) is 0 Å². The fourth-order valence-electron chi connectivity index (χ4n) is 8.15. The third-order valence-corrected chi connectivity index (χ3v) is 31.6. The van der Waals surface area contributed by atoms with Gasteiger partial charge >= 0.3 is 0 Å². The summed E-state index contributed by atoms with van der Waals surface area (Å²) in [7, 11) is 0. The molecule has 0 amide bonds. The molecule has 0 bridgehead atoms. The highest BCUT2D eigenvalue weighted by Gasteiger charge is 2.27. The molecule has 0 aromatic carbocycles. The summed E-state index contributed by atoms with van der Waals surface area (Å²) in [4.78, 5) is 10.2. The van der Waals surface area contributed by atoms with Crippen LogP contribution >= 0.6 is 211 Å². The second-order valence-electron chi connectivity index (χ2n) is 16.5. The third-order valence-electron chi connectivity index (χ3n) is 11.5. The van der Waals surface area contributed by atoms with Crippen LogP contribution in [0.15, 0.2) is 63.7 Å². The smallest absolute Gasteiger partial charge is 0.0705 e. The highest BCUT2D eigenvalue weighted by Crippen LogP contribution is 2.59. The lowest BCUT2D eigenvalue weighted by Crippen LogP contribution is -1.72. The molecule has 13 rings (SSSR count). The molecular weight excluding hydrogens is 1530 g/mol. The van der Waals surface area contributed by atoms with Crippen LogP contribution in [0, 0.1) is 156 Å². The number of hydrogen-bond acceptors (Lipinski definition) is 13. The Hall–Kier alpha value is -5.44. The Morgan fingerprint density at radius 1 is 0.241 bits per heavy atom. The van der Waals surface area contributed by atoms with Crippen molar-refractivity contribution in [3.63, 3.8) is 0 Å². The second kappa shape index (κ2) is 26.0. The maximum atomic E-state index is 3.64. The third kappa shape index (κ3) is 12.0. The summed E-state index contributed by atoms with van der Waals surface area (Å²) in [6.07, 6.45) is 0. The van der Waals surface area contributed by atoms with E-state index in [4.69, 9.17) is 0 Å². The molecule has 0 saturated heterocycles. The van der Waals surface area contributed by atoms with Gasteiger partial charge in [-0.3, -0.25) is 0 Å². The second-order valence-corrected chi connectivity index (χ2v) is 35.5. The van der Waals surface area contributed by atoms with Gasteiger partial charge in [-0.1, -0.05) is 11.8 Å². The van der Waals surface area contributed by atoms with Crippen molar-refractivity contribution in [3.05, 3.63) is 85.9 Å². The van der Waals surface area contributed by atoms with Crippen molar-refractivity contribution >= 4 is 277 Å². The highest BCUT2D eigenvalue weighted by molar-refractivity contribution is 9.11. The van der Waals surface area contributed by atoms with E-state index in [1.807, 2.05) is 102 Å². The zero-order valence-electron chi connectivity index (χ0n) is 42.4. The molecule has 0 aliphatic heterocycles. The van der Waals surface area contributed by atoms with Crippen molar-refractivity contribution in [2.45, 2.75) is 27.7 Å². The van der Waals surface area contributed by atoms with Crippen LogP contribution in [0.25, 0.3) is 105 Å². The standard InChI is InChI=1S/C34H10Br2S7.C32H10Br2S6/c1-3-4-5-6-7-8-9-10-11-12-13-14-20-27(22-16-18-24(36)38-22)41-30-28(20)42-34-32(30)43-31-29-26(40-33(31)34)19(2)25(39-29)21-15-17-23(35)37-21;1-3-4-5-6-7-8-9-10-11-12-13-14-20-27(22-16-18-24(34)36-22)39-30-28(20)40-31-29-26(38-32(30)31)19(2)25(37-29)21-15-17-23(33)35-21/h15-18H,1-2H3;15-18H,1-2H3. The van der Waals surface area contributed by atoms with E-state index in [2.05, 4.69) is 268 Å². The number of thiophene rings is 13. The molecule has 0 nitrogen and oxygen atoms in total. The van der Waals surface area contributed by atoms with E-state index in [1.165, 1.54) is 120 Å². The molecule has 13 aromatic heterocycles. The highest BCUT2D eigenvalue weighted by atomic mass is 79.9. The van der Waals surface area contributed by atoms with Crippen LogP contribution in [0.4, 0.5) is 0 Å². The SMILES string of the molecule is CC#CC#CC#CC#CC#CC#Cc1c(-c2ccc(Br)s2)sc2c1sc1c2sc2c3sc(-c4ccc(Br)s4)c(C)c3sc21.CC#CC#CC#CC#CC#CC#Cc1c(-c2ccc(Br)s2)sc2c1sc1c3sc(-c4ccc(Br)s4)c(C)c3sc21. The summed E-state index contributed by atoms with van der Waals surface area (Å²) in [5, 5.41) is 0. The first kappa shape index (κ1) is 58.0. The van der Waals surface area contributed by atoms with Crippen LogP contribution in [-0.4, -0.2) is 0 Å². The first-order valence-electron chi connectivity index (χ1n) is 23.7. The molecule has 0 spiro atoms. The van der Waals surface area contributed by atoms with E-state index in [9.17, 15) is 0 Å². The molecule has 83 heavy (non-hydrogen) atoms. The Bertz CT molecular complexity index is 5720. The molecular formula is C66H20Br4S13. The largest absolute Gasteiger partial charge is 0.132 e. The van der Waals surface area contributed by atoms with Crippen molar-refractivity contribution in [2.75, 3.05) is 0 Å². The molecule has 0 aliphatic rings. The van der Waals surface area contributed by atoms with Gasteiger partial charge in [0.05, 0.1) is 102 Å². The molecule has 17 heteroatoms. The number of rotatable bonds is 4. The number of halogens is 4. The molecule has 13 aromatic rings. The van der Waals surface area contributed by atoms with Gasteiger partial charge in [0.2, 0.25) is 0 Å². The van der Waals surface area contributed by atoms with E-state index in [1.54, 1.807) is 59.2 Å². The molecule has 0 fully saturated rings.